The SMILES string of the molecule is CC(=O)OC(CCN(C)C)c1ccc(Cl)cc1. The van der Waals surface area contributed by atoms with Crippen LogP contribution in [0, 0.1) is 0 Å². The summed E-state index contributed by atoms with van der Waals surface area (Å²) in [6.07, 6.45) is 0.570. The van der Waals surface area contributed by atoms with Gasteiger partial charge in [0.25, 0.3) is 0 Å². The molecule has 1 aromatic rings. The van der Waals surface area contributed by atoms with Crippen LogP contribution in [0.1, 0.15) is 25.0 Å². The Hall–Kier alpha value is -1.06. The van der Waals surface area contributed by atoms with Gasteiger partial charge in [0, 0.05) is 24.9 Å². The molecule has 1 rings (SSSR count). The van der Waals surface area contributed by atoms with Crippen LogP contribution in [-0.2, 0) is 9.53 Å². The highest BCUT2D eigenvalue weighted by molar-refractivity contribution is 6.30. The molecule has 0 aliphatic rings. The lowest BCUT2D eigenvalue weighted by molar-refractivity contribution is -0.147. The Morgan fingerprint density at radius 2 is 1.94 bits per heavy atom. The molecule has 0 N–H and O–H groups in total. The van der Waals surface area contributed by atoms with E-state index in [4.69, 9.17) is 16.3 Å². The molecule has 0 amide bonds. The summed E-state index contributed by atoms with van der Waals surface area (Å²) in [7, 11) is 3.99. The molecule has 0 bridgehead atoms. The van der Waals surface area contributed by atoms with Gasteiger partial charge in [0.05, 0.1) is 0 Å². The Morgan fingerprint density at radius 3 is 2.41 bits per heavy atom. The molecule has 0 aliphatic heterocycles. The second-order valence-corrected chi connectivity index (χ2v) is 4.68. The number of carbonyl (C=O) groups excluding carboxylic acids is 1. The van der Waals surface area contributed by atoms with Gasteiger partial charge in [0.15, 0.2) is 0 Å². The lowest BCUT2D eigenvalue weighted by Gasteiger charge is -2.19. The minimum Gasteiger partial charge on any atom is -0.458 e. The Labute approximate surface area is 107 Å². The molecule has 1 atom stereocenters. The van der Waals surface area contributed by atoms with Crippen molar-refractivity contribution in [2.45, 2.75) is 19.4 Å². The summed E-state index contributed by atoms with van der Waals surface area (Å²) in [4.78, 5) is 13.1. The van der Waals surface area contributed by atoms with E-state index < -0.39 is 0 Å². The molecule has 0 saturated heterocycles. The van der Waals surface area contributed by atoms with Crippen molar-refractivity contribution in [3.8, 4) is 0 Å². The van der Waals surface area contributed by atoms with Crippen molar-refractivity contribution in [1.82, 2.24) is 4.90 Å². The van der Waals surface area contributed by atoms with E-state index in [9.17, 15) is 4.79 Å². The number of hydrogen-bond donors (Lipinski definition) is 0. The second kappa shape index (κ2) is 6.62. The first-order chi connectivity index (χ1) is 7.99. The van der Waals surface area contributed by atoms with E-state index in [1.54, 1.807) is 0 Å². The van der Waals surface area contributed by atoms with Crippen LogP contribution in [0.15, 0.2) is 24.3 Å². The maximum Gasteiger partial charge on any atom is 0.303 e. The Kier molecular flexibility index (Phi) is 5.45. The van der Waals surface area contributed by atoms with Crippen molar-refractivity contribution < 1.29 is 9.53 Å². The summed E-state index contributed by atoms with van der Waals surface area (Å²) in [5.41, 5.74) is 0.978. The zero-order valence-corrected chi connectivity index (χ0v) is 11.2. The van der Waals surface area contributed by atoms with Crippen molar-refractivity contribution in [2.75, 3.05) is 20.6 Å². The molecule has 4 heteroatoms. The molecule has 0 heterocycles. The number of hydrogen-bond acceptors (Lipinski definition) is 3. The number of benzene rings is 1. The zero-order valence-electron chi connectivity index (χ0n) is 10.4. The van der Waals surface area contributed by atoms with Gasteiger partial charge in [0.2, 0.25) is 0 Å². The third-order valence-electron chi connectivity index (χ3n) is 2.39. The Bertz CT molecular complexity index is 362. The molecule has 0 saturated carbocycles. The standard InChI is InChI=1S/C13H18ClNO2/c1-10(16)17-13(8-9-15(2)3)11-4-6-12(14)7-5-11/h4-7,13H,8-9H2,1-3H3. The molecule has 94 valence electrons. The summed E-state index contributed by atoms with van der Waals surface area (Å²) in [5.74, 6) is -0.260. The lowest BCUT2D eigenvalue weighted by Crippen LogP contribution is -2.18. The van der Waals surface area contributed by atoms with Gasteiger partial charge < -0.3 is 9.64 Å². The number of nitrogens with zero attached hydrogens (tertiary/aromatic N) is 1. The van der Waals surface area contributed by atoms with E-state index in [0.29, 0.717) is 5.02 Å². The van der Waals surface area contributed by atoms with Crippen LogP contribution in [0.5, 0.6) is 0 Å². The molecule has 0 aromatic heterocycles. The predicted octanol–water partition coefficient (Wildman–Crippen LogP) is 2.90. The molecule has 0 fully saturated rings. The van der Waals surface area contributed by atoms with Crippen molar-refractivity contribution in [1.29, 1.82) is 0 Å². The van der Waals surface area contributed by atoms with Gasteiger partial charge in [-0.15, -0.1) is 0 Å². The molecule has 3 nitrogen and oxygen atoms in total. The molecule has 1 unspecified atom stereocenters. The van der Waals surface area contributed by atoms with Crippen molar-refractivity contribution in [3.05, 3.63) is 34.9 Å². The van der Waals surface area contributed by atoms with Gasteiger partial charge in [-0.1, -0.05) is 23.7 Å². The molecular formula is C13H18ClNO2. The number of halogens is 1. The Morgan fingerprint density at radius 1 is 1.35 bits per heavy atom. The third-order valence-corrected chi connectivity index (χ3v) is 2.64. The fourth-order valence-corrected chi connectivity index (χ4v) is 1.67. The van der Waals surface area contributed by atoms with E-state index in [-0.39, 0.29) is 12.1 Å². The van der Waals surface area contributed by atoms with Crippen molar-refractivity contribution in [2.24, 2.45) is 0 Å². The van der Waals surface area contributed by atoms with Crippen LogP contribution in [0.4, 0.5) is 0 Å². The summed E-state index contributed by atoms with van der Waals surface area (Å²) in [5, 5.41) is 0.683. The third kappa shape index (κ3) is 5.20. The number of esters is 1. The summed E-state index contributed by atoms with van der Waals surface area (Å²) in [6.45, 7) is 2.29. The predicted molar refractivity (Wildman–Crippen MR) is 69.1 cm³/mol. The fraction of sp³-hybridized carbons (Fsp3) is 0.462. The molecule has 17 heavy (non-hydrogen) atoms. The first kappa shape index (κ1) is 14.0. The van der Waals surface area contributed by atoms with Gasteiger partial charge in [-0.25, -0.2) is 0 Å². The second-order valence-electron chi connectivity index (χ2n) is 4.24. The molecule has 1 aromatic carbocycles. The van der Waals surface area contributed by atoms with Crippen LogP contribution >= 0.6 is 11.6 Å². The number of ether oxygens (including phenoxy) is 1. The van der Waals surface area contributed by atoms with Crippen LogP contribution in [0.25, 0.3) is 0 Å². The van der Waals surface area contributed by atoms with Crippen LogP contribution in [-0.4, -0.2) is 31.5 Å². The highest BCUT2D eigenvalue weighted by atomic mass is 35.5. The normalized spacial score (nSPS) is 12.5. The highest BCUT2D eigenvalue weighted by Crippen LogP contribution is 2.23. The van der Waals surface area contributed by atoms with Crippen molar-refractivity contribution in [3.63, 3.8) is 0 Å². The van der Waals surface area contributed by atoms with Gasteiger partial charge in [-0.2, -0.15) is 0 Å². The molecule has 0 spiro atoms. The van der Waals surface area contributed by atoms with E-state index in [0.717, 1.165) is 18.5 Å². The fourth-order valence-electron chi connectivity index (χ4n) is 1.55. The van der Waals surface area contributed by atoms with Gasteiger partial charge >= 0.3 is 5.97 Å². The summed E-state index contributed by atoms with van der Waals surface area (Å²) in [6, 6.07) is 7.41. The monoisotopic (exact) mass is 255 g/mol. The highest BCUT2D eigenvalue weighted by Gasteiger charge is 2.14. The van der Waals surface area contributed by atoms with E-state index in [1.165, 1.54) is 6.92 Å². The maximum atomic E-state index is 11.1. The van der Waals surface area contributed by atoms with Gasteiger partial charge in [0.1, 0.15) is 6.10 Å². The number of rotatable bonds is 5. The average Bonchev–Trinajstić information content (AvgIpc) is 2.25. The minimum absolute atomic E-state index is 0.202. The molecule has 0 aliphatic carbocycles. The summed E-state index contributed by atoms with van der Waals surface area (Å²) < 4.78 is 5.32. The van der Waals surface area contributed by atoms with E-state index in [1.807, 2.05) is 38.4 Å². The van der Waals surface area contributed by atoms with Crippen molar-refractivity contribution >= 4 is 17.6 Å². The molecular weight excluding hydrogens is 238 g/mol. The molecule has 0 radical (unpaired) electrons. The summed E-state index contributed by atoms with van der Waals surface area (Å²) >= 11 is 5.83. The zero-order chi connectivity index (χ0) is 12.8. The topological polar surface area (TPSA) is 29.5 Å². The first-order valence-electron chi connectivity index (χ1n) is 5.56. The Balaban J connectivity index is 2.74. The largest absolute Gasteiger partial charge is 0.458 e. The van der Waals surface area contributed by atoms with Crippen LogP contribution in [0.2, 0.25) is 5.02 Å². The lowest BCUT2D eigenvalue weighted by atomic mass is 10.1. The quantitative estimate of drug-likeness (QED) is 0.758. The maximum absolute atomic E-state index is 11.1. The number of carbonyl (C=O) groups is 1. The average molecular weight is 256 g/mol. The van der Waals surface area contributed by atoms with Crippen LogP contribution in [0.3, 0.4) is 0 Å². The first-order valence-corrected chi connectivity index (χ1v) is 5.94. The van der Waals surface area contributed by atoms with E-state index in [2.05, 4.69) is 4.90 Å². The van der Waals surface area contributed by atoms with Gasteiger partial charge in [-0.05, 0) is 31.8 Å². The van der Waals surface area contributed by atoms with Crippen LogP contribution < -0.4 is 0 Å². The minimum atomic E-state index is -0.260. The smallest absolute Gasteiger partial charge is 0.303 e. The van der Waals surface area contributed by atoms with Gasteiger partial charge in [-0.3, -0.25) is 4.79 Å². The van der Waals surface area contributed by atoms with E-state index >= 15 is 0 Å².